The molecule has 4 nitrogen and oxygen atoms in total. The van der Waals surface area contributed by atoms with Crippen molar-refractivity contribution < 1.29 is 0 Å². The molecule has 0 atom stereocenters. The second-order valence-electron chi connectivity index (χ2n) is 6.86. The normalized spacial score (nSPS) is 19.4. The van der Waals surface area contributed by atoms with Gasteiger partial charge in [0.05, 0.1) is 11.4 Å². The van der Waals surface area contributed by atoms with E-state index in [-0.39, 0.29) is 0 Å². The standard InChI is InChI=1S/C16H26N4S/c1-12-10-20-14(13(2)18-15(20)21-12)9-17-11-16(3)5-7-19(4)8-6-16/h10,17H,5-9,11H2,1-4H3. The minimum Gasteiger partial charge on any atom is -0.311 e. The molecule has 3 heterocycles. The zero-order valence-electron chi connectivity index (χ0n) is 13.6. The lowest BCUT2D eigenvalue weighted by molar-refractivity contribution is 0.136. The van der Waals surface area contributed by atoms with Gasteiger partial charge >= 0.3 is 0 Å². The van der Waals surface area contributed by atoms with Crippen LogP contribution in [0.3, 0.4) is 0 Å². The van der Waals surface area contributed by atoms with E-state index in [0.29, 0.717) is 5.41 Å². The van der Waals surface area contributed by atoms with Crippen LogP contribution in [0.15, 0.2) is 6.20 Å². The van der Waals surface area contributed by atoms with Crippen LogP contribution >= 0.6 is 11.3 Å². The molecule has 0 aliphatic carbocycles. The van der Waals surface area contributed by atoms with E-state index in [9.17, 15) is 0 Å². The second-order valence-corrected chi connectivity index (χ2v) is 8.07. The Labute approximate surface area is 131 Å². The zero-order valence-corrected chi connectivity index (χ0v) is 14.4. The molecule has 3 rings (SSSR count). The summed E-state index contributed by atoms with van der Waals surface area (Å²) in [5.41, 5.74) is 2.91. The van der Waals surface area contributed by atoms with Crippen LogP contribution in [0, 0.1) is 19.3 Å². The fourth-order valence-corrected chi connectivity index (χ4v) is 4.03. The predicted octanol–water partition coefficient (Wildman–Crippen LogP) is 2.83. The topological polar surface area (TPSA) is 32.6 Å². The molecule has 2 aromatic heterocycles. The van der Waals surface area contributed by atoms with Gasteiger partial charge in [0.15, 0.2) is 4.96 Å². The van der Waals surface area contributed by atoms with E-state index in [1.54, 1.807) is 11.3 Å². The first-order chi connectivity index (χ1) is 9.97. The molecule has 1 aliphatic rings. The van der Waals surface area contributed by atoms with Gasteiger partial charge in [-0.3, -0.25) is 4.40 Å². The number of fused-ring (bicyclic) bond motifs is 1. The number of hydrogen-bond donors (Lipinski definition) is 1. The largest absolute Gasteiger partial charge is 0.311 e. The molecule has 0 unspecified atom stereocenters. The first-order valence-electron chi connectivity index (χ1n) is 7.80. The van der Waals surface area contributed by atoms with Crippen molar-refractivity contribution in [1.29, 1.82) is 0 Å². The number of nitrogens with zero attached hydrogens (tertiary/aromatic N) is 3. The van der Waals surface area contributed by atoms with Crippen molar-refractivity contribution >= 4 is 16.3 Å². The summed E-state index contributed by atoms with van der Waals surface area (Å²) in [6.45, 7) is 11.1. The Morgan fingerprint density at radius 2 is 2.05 bits per heavy atom. The molecule has 0 saturated carbocycles. The van der Waals surface area contributed by atoms with Crippen LogP contribution in [0.5, 0.6) is 0 Å². The van der Waals surface area contributed by atoms with Crippen LogP contribution in [0.2, 0.25) is 0 Å². The average Bonchev–Trinajstić information content (AvgIpc) is 2.91. The van der Waals surface area contributed by atoms with Crippen LogP contribution < -0.4 is 5.32 Å². The molecule has 116 valence electrons. The van der Waals surface area contributed by atoms with E-state index in [4.69, 9.17) is 0 Å². The molecule has 0 spiro atoms. The van der Waals surface area contributed by atoms with E-state index in [2.05, 4.69) is 53.6 Å². The van der Waals surface area contributed by atoms with E-state index >= 15 is 0 Å². The lowest BCUT2D eigenvalue weighted by Crippen LogP contribution is -2.42. The van der Waals surface area contributed by atoms with Gasteiger partial charge in [-0.1, -0.05) is 6.92 Å². The summed E-state index contributed by atoms with van der Waals surface area (Å²) in [7, 11) is 2.22. The summed E-state index contributed by atoms with van der Waals surface area (Å²) in [5.74, 6) is 0. The third-order valence-corrected chi connectivity index (χ3v) is 5.68. The highest BCUT2D eigenvalue weighted by molar-refractivity contribution is 7.17. The van der Waals surface area contributed by atoms with Crippen LogP contribution in [0.25, 0.3) is 4.96 Å². The van der Waals surface area contributed by atoms with Crippen molar-refractivity contribution in [2.45, 2.75) is 40.2 Å². The predicted molar refractivity (Wildman–Crippen MR) is 89.1 cm³/mol. The number of imidazole rings is 1. The summed E-state index contributed by atoms with van der Waals surface area (Å²) < 4.78 is 2.25. The number of thiazole rings is 1. The van der Waals surface area contributed by atoms with Gasteiger partial charge in [0.2, 0.25) is 0 Å². The Morgan fingerprint density at radius 1 is 1.33 bits per heavy atom. The molecule has 1 aliphatic heterocycles. The zero-order chi connectivity index (χ0) is 15.0. The maximum atomic E-state index is 4.66. The summed E-state index contributed by atoms with van der Waals surface area (Å²) in [4.78, 5) is 9.53. The number of hydrogen-bond acceptors (Lipinski definition) is 4. The highest BCUT2D eigenvalue weighted by atomic mass is 32.1. The second kappa shape index (κ2) is 5.71. The SMILES string of the molecule is Cc1cn2c(CNCC3(C)CCN(C)CC3)c(C)nc2s1. The van der Waals surface area contributed by atoms with Crippen LogP contribution in [0.1, 0.15) is 36.0 Å². The average molecular weight is 306 g/mol. The maximum absolute atomic E-state index is 4.66. The Bertz CT molecular complexity index is 620. The molecule has 21 heavy (non-hydrogen) atoms. The molecule has 1 N–H and O–H groups in total. The molecule has 2 aromatic rings. The number of aromatic nitrogens is 2. The number of nitrogens with one attached hydrogen (secondary N) is 1. The van der Waals surface area contributed by atoms with Gasteiger partial charge in [-0.15, -0.1) is 11.3 Å². The first-order valence-corrected chi connectivity index (χ1v) is 8.62. The van der Waals surface area contributed by atoms with Gasteiger partial charge in [0.25, 0.3) is 0 Å². The Balaban J connectivity index is 1.63. The Morgan fingerprint density at radius 3 is 2.76 bits per heavy atom. The number of likely N-dealkylation sites (tertiary alicyclic amines) is 1. The molecule has 0 radical (unpaired) electrons. The van der Waals surface area contributed by atoms with E-state index < -0.39 is 0 Å². The van der Waals surface area contributed by atoms with Crippen molar-refractivity contribution in [3.8, 4) is 0 Å². The first kappa shape index (κ1) is 15.0. The van der Waals surface area contributed by atoms with E-state index in [1.165, 1.54) is 36.5 Å². The molecule has 1 saturated heterocycles. The maximum Gasteiger partial charge on any atom is 0.194 e. The van der Waals surface area contributed by atoms with Gasteiger partial charge in [-0.25, -0.2) is 4.98 Å². The van der Waals surface area contributed by atoms with Crippen molar-refractivity contribution in [2.75, 3.05) is 26.7 Å². The number of aryl methyl sites for hydroxylation is 2. The smallest absolute Gasteiger partial charge is 0.194 e. The summed E-state index contributed by atoms with van der Waals surface area (Å²) >= 11 is 1.77. The highest BCUT2D eigenvalue weighted by Gasteiger charge is 2.28. The highest BCUT2D eigenvalue weighted by Crippen LogP contribution is 2.29. The van der Waals surface area contributed by atoms with Crippen molar-refractivity contribution in [1.82, 2.24) is 19.6 Å². The van der Waals surface area contributed by atoms with Crippen LogP contribution in [-0.4, -0.2) is 41.0 Å². The van der Waals surface area contributed by atoms with Crippen molar-refractivity contribution in [3.63, 3.8) is 0 Å². The van der Waals surface area contributed by atoms with Crippen molar-refractivity contribution in [2.24, 2.45) is 5.41 Å². The fourth-order valence-electron chi connectivity index (χ4n) is 3.14. The minimum atomic E-state index is 0.439. The van der Waals surface area contributed by atoms with Gasteiger partial charge in [0, 0.05) is 24.2 Å². The monoisotopic (exact) mass is 306 g/mol. The van der Waals surface area contributed by atoms with E-state index in [0.717, 1.165) is 23.7 Å². The minimum absolute atomic E-state index is 0.439. The molecular weight excluding hydrogens is 280 g/mol. The summed E-state index contributed by atoms with van der Waals surface area (Å²) in [6, 6.07) is 0. The lowest BCUT2D eigenvalue weighted by atomic mass is 9.80. The third kappa shape index (κ3) is 3.15. The molecular formula is C16H26N4S. The molecule has 1 fully saturated rings. The molecule has 0 bridgehead atoms. The quantitative estimate of drug-likeness (QED) is 0.943. The number of piperidine rings is 1. The summed E-state index contributed by atoms with van der Waals surface area (Å²) in [5, 5.41) is 3.68. The van der Waals surface area contributed by atoms with Gasteiger partial charge in [0.1, 0.15) is 0 Å². The van der Waals surface area contributed by atoms with Gasteiger partial charge < -0.3 is 10.2 Å². The third-order valence-electron chi connectivity index (χ3n) is 4.78. The van der Waals surface area contributed by atoms with Gasteiger partial charge in [-0.05, 0) is 52.2 Å². The van der Waals surface area contributed by atoms with Crippen LogP contribution in [0.4, 0.5) is 0 Å². The lowest BCUT2D eigenvalue weighted by Gasteiger charge is -2.38. The Kier molecular flexibility index (Phi) is 4.08. The van der Waals surface area contributed by atoms with Crippen LogP contribution in [-0.2, 0) is 6.54 Å². The fraction of sp³-hybridized carbons (Fsp3) is 0.688. The molecule has 0 amide bonds. The number of rotatable bonds is 4. The van der Waals surface area contributed by atoms with Crippen molar-refractivity contribution in [3.05, 3.63) is 22.5 Å². The molecule has 5 heteroatoms. The van der Waals surface area contributed by atoms with Gasteiger partial charge in [-0.2, -0.15) is 0 Å². The van der Waals surface area contributed by atoms with E-state index in [1.807, 2.05) is 0 Å². The molecule has 0 aromatic carbocycles. The summed E-state index contributed by atoms with van der Waals surface area (Å²) in [6.07, 6.45) is 4.78. The Hall–Kier alpha value is -0.910.